The maximum absolute atomic E-state index is 6.44. The number of benzene rings is 2. The number of ether oxygens (including phenoxy) is 2. The number of nitrogens with one attached hydrogen (secondary N) is 1. The summed E-state index contributed by atoms with van der Waals surface area (Å²) in [4.78, 5) is 1.18. The summed E-state index contributed by atoms with van der Waals surface area (Å²) in [7, 11) is 0. The molecule has 2 aromatic rings. The van der Waals surface area contributed by atoms with Crippen LogP contribution in [-0.4, -0.2) is 31.6 Å². The van der Waals surface area contributed by atoms with Crippen molar-refractivity contribution in [1.29, 1.82) is 0 Å². The first-order valence-corrected chi connectivity index (χ1v) is 9.13. The highest BCUT2D eigenvalue weighted by atomic mass is 32.2. The van der Waals surface area contributed by atoms with E-state index >= 15 is 0 Å². The van der Waals surface area contributed by atoms with Crippen LogP contribution >= 0.6 is 11.8 Å². The fourth-order valence-corrected chi connectivity index (χ4v) is 3.48. The first-order valence-electron chi connectivity index (χ1n) is 8.14. The highest BCUT2D eigenvalue weighted by Crippen LogP contribution is 2.34. The summed E-state index contributed by atoms with van der Waals surface area (Å²) in [5.41, 5.74) is 1.15. The Bertz CT molecular complexity index is 599. The van der Waals surface area contributed by atoms with Gasteiger partial charge in [-0.2, -0.15) is 0 Å². The fraction of sp³-hybridized carbons (Fsp3) is 0.368. The lowest BCUT2D eigenvalue weighted by atomic mass is 10.0. The van der Waals surface area contributed by atoms with E-state index in [9.17, 15) is 0 Å². The lowest BCUT2D eigenvalue weighted by molar-refractivity contribution is -0.0440. The normalized spacial score (nSPS) is 19.3. The van der Waals surface area contributed by atoms with E-state index in [4.69, 9.17) is 9.47 Å². The minimum atomic E-state index is -0.109. The number of rotatable bonds is 6. The van der Waals surface area contributed by atoms with Gasteiger partial charge in [-0.1, -0.05) is 49.4 Å². The van der Waals surface area contributed by atoms with Crippen LogP contribution in [0.3, 0.4) is 0 Å². The standard InChI is InChI=1S/C19H23NO2S/c1-2-23-18-11-7-6-10-16(18)22-19(15-8-4-3-5-9-15)17-14-20-12-13-21-17/h3-11,17,19-20H,2,12-14H2,1H3. The largest absolute Gasteiger partial charge is 0.482 e. The van der Waals surface area contributed by atoms with Gasteiger partial charge in [-0.15, -0.1) is 11.8 Å². The van der Waals surface area contributed by atoms with Crippen LogP contribution < -0.4 is 10.1 Å². The van der Waals surface area contributed by atoms with Crippen molar-refractivity contribution < 1.29 is 9.47 Å². The molecule has 1 heterocycles. The van der Waals surface area contributed by atoms with Crippen molar-refractivity contribution in [3.05, 3.63) is 60.2 Å². The van der Waals surface area contributed by atoms with Gasteiger partial charge >= 0.3 is 0 Å². The molecular weight excluding hydrogens is 306 g/mol. The number of morpholine rings is 1. The molecule has 1 fully saturated rings. The van der Waals surface area contributed by atoms with Crippen LogP contribution in [0.5, 0.6) is 5.75 Å². The third-order valence-electron chi connectivity index (χ3n) is 3.83. The summed E-state index contributed by atoms with van der Waals surface area (Å²) in [5.74, 6) is 1.96. The Kier molecular flexibility index (Phi) is 5.97. The molecular formula is C19H23NO2S. The Morgan fingerprint density at radius 3 is 2.70 bits per heavy atom. The second kappa shape index (κ2) is 8.39. The quantitative estimate of drug-likeness (QED) is 0.814. The van der Waals surface area contributed by atoms with Crippen LogP contribution in [0, 0.1) is 0 Å². The second-order valence-electron chi connectivity index (χ2n) is 5.44. The summed E-state index contributed by atoms with van der Waals surface area (Å²) >= 11 is 1.80. The average molecular weight is 329 g/mol. The van der Waals surface area contributed by atoms with Gasteiger partial charge < -0.3 is 14.8 Å². The van der Waals surface area contributed by atoms with Gasteiger partial charge in [0.2, 0.25) is 0 Å². The van der Waals surface area contributed by atoms with Crippen molar-refractivity contribution in [3.8, 4) is 5.75 Å². The summed E-state index contributed by atoms with van der Waals surface area (Å²) < 4.78 is 12.4. The van der Waals surface area contributed by atoms with E-state index in [0.717, 1.165) is 36.8 Å². The molecule has 2 unspecified atom stereocenters. The van der Waals surface area contributed by atoms with E-state index < -0.39 is 0 Å². The van der Waals surface area contributed by atoms with Gasteiger partial charge in [-0.05, 0) is 23.4 Å². The van der Waals surface area contributed by atoms with Crippen molar-refractivity contribution in [2.75, 3.05) is 25.4 Å². The minimum Gasteiger partial charge on any atom is -0.482 e. The van der Waals surface area contributed by atoms with Crippen molar-refractivity contribution in [1.82, 2.24) is 5.32 Å². The second-order valence-corrected chi connectivity index (χ2v) is 6.75. The molecule has 1 aliphatic rings. The zero-order valence-corrected chi connectivity index (χ0v) is 14.2. The summed E-state index contributed by atoms with van der Waals surface area (Å²) in [6.07, 6.45) is -0.0894. The Labute approximate surface area is 142 Å². The topological polar surface area (TPSA) is 30.5 Å². The zero-order valence-electron chi connectivity index (χ0n) is 13.4. The van der Waals surface area contributed by atoms with Gasteiger partial charge in [0.25, 0.3) is 0 Å². The van der Waals surface area contributed by atoms with E-state index in [1.165, 1.54) is 4.90 Å². The number of hydrogen-bond acceptors (Lipinski definition) is 4. The molecule has 0 radical (unpaired) electrons. The van der Waals surface area contributed by atoms with Crippen molar-refractivity contribution in [2.24, 2.45) is 0 Å². The number of thioether (sulfide) groups is 1. The number of para-hydroxylation sites is 1. The molecule has 1 N–H and O–H groups in total. The lowest BCUT2D eigenvalue weighted by Crippen LogP contribution is -2.43. The minimum absolute atomic E-state index is 0.0193. The van der Waals surface area contributed by atoms with Crippen LogP contribution in [0.4, 0.5) is 0 Å². The van der Waals surface area contributed by atoms with Crippen LogP contribution in [0.1, 0.15) is 18.6 Å². The highest BCUT2D eigenvalue weighted by molar-refractivity contribution is 7.99. The van der Waals surface area contributed by atoms with Crippen LogP contribution in [0.15, 0.2) is 59.5 Å². The molecule has 122 valence electrons. The maximum Gasteiger partial charge on any atom is 0.151 e. The van der Waals surface area contributed by atoms with Gasteiger partial charge in [-0.3, -0.25) is 0 Å². The summed E-state index contributed by atoms with van der Waals surface area (Å²) in [5, 5.41) is 3.40. The van der Waals surface area contributed by atoms with Crippen molar-refractivity contribution >= 4 is 11.8 Å². The predicted molar refractivity (Wildman–Crippen MR) is 95.3 cm³/mol. The van der Waals surface area contributed by atoms with Gasteiger partial charge in [0.05, 0.1) is 6.61 Å². The maximum atomic E-state index is 6.44. The Morgan fingerprint density at radius 1 is 1.17 bits per heavy atom. The molecule has 0 aliphatic carbocycles. The van der Waals surface area contributed by atoms with Crippen LogP contribution in [0.2, 0.25) is 0 Å². The molecule has 0 amide bonds. The van der Waals surface area contributed by atoms with E-state index in [1.54, 1.807) is 11.8 Å². The summed E-state index contributed by atoms with van der Waals surface area (Å²) in [6, 6.07) is 18.6. The van der Waals surface area contributed by atoms with Crippen molar-refractivity contribution in [3.63, 3.8) is 0 Å². The van der Waals surface area contributed by atoms with Gasteiger partial charge in [0.15, 0.2) is 6.10 Å². The van der Waals surface area contributed by atoms with E-state index in [1.807, 2.05) is 18.2 Å². The monoisotopic (exact) mass is 329 g/mol. The molecule has 1 aliphatic heterocycles. The van der Waals surface area contributed by atoms with E-state index in [0.29, 0.717) is 0 Å². The van der Waals surface area contributed by atoms with Gasteiger partial charge in [0, 0.05) is 18.0 Å². The van der Waals surface area contributed by atoms with Crippen LogP contribution in [0.25, 0.3) is 0 Å². The van der Waals surface area contributed by atoms with E-state index in [2.05, 4.69) is 48.6 Å². The third-order valence-corrected chi connectivity index (χ3v) is 4.76. The molecule has 2 atom stereocenters. The molecule has 1 saturated heterocycles. The van der Waals surface area contributed by atoms with Gasteiger partial charge in [-0.25, -0.2) is 0 Å². The molecule has 0 saturated carbocycles. The fourth-order valence-electron chi connectivity index (χ4n) is 2.74. The molecule has 3 nitrogen and oxygen atoms in total. The third kappa shape index (κ3) is 4.28. The predicted octanol–water partition coefficient (Wildman–Crippen LogP) is 3.91. The summed E-state index contributed by atoms with van der Waals surface area (Å²) in [6.45, 7) is 4.59. The molecule has 2 aromatic carbocycles. The zero-order chi connectivity index (χ0) is 15.9. The molecule has 0 bridgehead atoms. The molecule has 0 aromatic heterocycles. The molecule has 23 heavy (non-hydrogen) atoms. The van der Waals surface area contributed by atoms with Gasteiger partial charge in [0.1, 0.15) is 11.9 Å². The Morgan fingerprint density at radius 2 is 1.96 bits per heavy atom. The number of hydrogen-bond donors (Lipinski definition) is 1. The Balaban J connectivity index is 1.86. The molecule has 0 spiro atoms. The Hall–Kier alpha value is -1.49. The van der Waals surface area contributed by atoms with E-state index in [-0.39, 0.29) is 12.2 Å². The van der Waals surface area contributed by atoms with Crippen molar-refractivity contribution in [2.45, 2.75) is 24.0 Å². The van der Waals surface area contributed by atoms with Crippen LogP contribution in [-0.2, 0) is 4.74 Å². The first kappa shape index (κ1) is 16.4. The first-order chi connectivity index (χ1) is 11.4. The lowest BCUT2D eigenvalue weighted by Gasteiger charge is -2.32. The molecule has 3 rings (SSSR count). The average Bonchev–Trinajstić information content (AvgIpc) is 2.63. The SMILES string of the molecule is CCSc1ccccc1OC(c1ccccc1)C1CNCCO1. The smallest absolute Gasteiger partial charge is 0.151 e. The highest BCUT2D eigenvalue weighted by Gasteiger charge is 2.28. The molecule has 4 heteroatoms.